The van der Waals surface area contributed by atoms with E-state index in [4.69, 9.17) is 9.84 Å². The predicted molar refractivity (Wildman–Crippen MR) is 92.5 cm³/mol. The zero-order chi connectivity index (χ0) is 19.6. The molecule has 0 unspecified atom stereocenters. The van der Waals surface area contributed by atoms with Crippen LogP contribution >= 0.6 is 0 Å². The molecule has 0 spiro atoms. The first-order chi connectivity index (χ1) is 12.8. The molecule has 0 saturated heterocycles. The van der Waals surface area contributed by atoms with E-state index in [2.05, 4.69) is 15.5 Å². The number of methoxy groups -OCH3 is 1. The van der Waals surface area contributed by atoms with Crippen molar-refractivity contribution in [3.05, 3.63) is 47.7 Å². The number of halogens is 3. The predicted octanol–water partition coefficient (Wildman–Crippen LogP) is 2.98. The van der Waals surface area contributed by atoms with Crippen molar-refractivity contribution in [3.8, 4) is 16.9 Å². The highest BCUT2D eigenvalue weighted by atomic mass is 19.4. The summed E-state index contributed by atoms with van der Waals surface area (Å²) >= 11 is 0. The first-order valence-corrected chi connectivity index (χ1v) is 7.97. The molecule has 1 amide bonds. The number of aromatic amines is 1. The molecule has 0 fully saturated rings. The summed E-state index contributed by atoms with van der Waals surface area (Å²) in [5, 5.41) is 18.2. The van der Waals surface area contributed by atoms with Gasteiger partial charge >= 0.3 is 6.18 Å². The first-order valence-electron chi connectivity index (χ1n) is 7.97. The molecule has 0 atom stereocenters. The Balaban J connectivity index is 2.20. The van der Waals surface area contributed by atoms with Crippen LogP contribution in [0.5, 0.6) is 5.75 Å². The zero-order valence-corrected chi connectivity index (χ0v) is 14.2. The Morgan fingerprint density at radius 3 is 2.70 bits per heavy atom. The molecule has 3 rings (SSSR count). The fourth-order valence-corrected chi connectivity index (χ4v) is 2.77. The van der Waals surface area contributed by atoms with Gasteiger partial charge in [-0.15, -0.1) is 0 Å². The number of nitrogens with one attached hydrogen (secondary N) is 2. The van der Waals surface area contributed by atoms with Gasteiger partial charge in [-0.1, -0.05) is 0 Å². The standard InChI is InChI=1S/C18H16F3N3O3/c1-27-16-3-2-10(17(26)22-4-5-25)6-13(16)12-7-11(18(19,20)21)8-15-14(12)9-23-24-15/h2-3,6-9,25H,4-5H2,1H3,(H,22,26)(H,23,24). The summed E-state index contributed by atoms with van der Waals surface area (Å²) in [4.78, 5) is 12.2. The van der Waals surface area contributed by atoms with Crippen LogP contribution in [-0.2, 0) is 6.18 Å². The molecule has 0 aliphatic rings. The smallest absolute Gasteiger partial charge is 0.416 e. The molecule has 0 aliphatic heterocycles. The van der Waals surface area contributed by atoms with E-state index < -0.39 is 17.6 Å². The number of hydrogen-bond acceptors (Lipinski definition) is 4. The number of rotatable bonds is 5. The summed E-state index contributed by atoms with van der Waals surface area (Å²) in [6, 6.07) is 6.44. The van der Waals surface area contributed by atoms with Crippen molar-refractivity contribution < 1.29 is 27.8 Å². The van der Waals surface area contributed by atoms with Gasteiger partial charge in [0.25, 0.3) is 5.91 Å². The first kappa shape index (κ1) is 18.7. The minimum atomic E-state index is -4.54. The normalized spacial score (nSPS) is 11.6. The van der Waals surface area contributed by atoms with E-state index in [1.54, 1.807) is 0 Å². The van der Waals surface area contributed by atoms with Gasteiger partial charge in [0, 0.05) is 23.1 Å². The van der Waals surface area contributed by atoms with Crippen LogP contribution in [0.3, 0.4) is 0 Å². The largest absolute Gasteiger partial charge is 0.496 e. The number of amides is 1. The Bertz CT molecular complexity index is 983. The molecule has 0 radical (unpaired) electrons. The van der Waals surface area contributed by atoms with Crippen molar-refractivity contribution in [2.45, 2.75) is 6.18 Å². The van der Waals surface area contributed by atoms with Crippen LogP contribution in [0.25, 0.3) is 22.0 Å². The fraction of sp³-hybridized carbons (Fsp3) is 0.222. The molecular formula is C18H16F3N3O3. The summed E-state index contributed by atoms with van der Waals surface area (Å²) in [6.45, 7) is -0.159. The van der Waals surface area contributed by atoms with E-state index in [1.807, 2.05) is 0 Å². The Kier molecular flexibility index (Phi) is 5.04. The Hall–Kier alpha value is -3.07. The van der Waals surface area contributed by atoms with E-state index in [0.29, 0.717) is 16.7 Å². The van der Waals surface area contributed by atoms with Crippen molar-refractivity contribution in [1.82, 2.24) is 15.5 Å². The van der Waals surface area contributed by atoms with Gasteiger partial charge in [-0.05, 0) is 35.9 Å². The molecule has 0 bridgehead atoms. The van der Waals surface area contributed by atoms with Crippen molar-refractivity contribution in [3.63, 3.8) is 0 Å². The topological polar surface area (TPSA) is 87.2 Å². The van der Waals surface area contributed by atoms with E-state index >= 15 is 0 Å². The molecule has 9 heteroatoms. The third kappa shape index (κ3) is 3.72. The molecule has 1 heterocycles. The number of aliphatic hydroxyl groups excluding tert-OH is 1. The van der Waals surface area contributed by atoms with E-state index in [0.717, 1.165) is 12.1 Å². The maximum absolute atomic E-state index is 13.3. The fourth-order valence-electron chi connectivity index (χ4n) is 2.77. The second-order valence-electron chi connectivity index (χ2n) is 5.75. The quantitative estimate of drug-likeness (QED) is 0.636. The number of hydrogen-bond donors (Lipinski definition) is 3. The Morgan fingerprint density at radius 2 is 2.04 bits per heavy atom. The number of nitrogens with zero attached hydrogens (tertiary/aromatic N) is 1. The second-order valence-corrected chi connectivity index (χ2v) is 5.75. The van der Waals surface area contributed by atoms with Crippen LogP contribution in [0, 0.1) is 0 Å². The van der Waals surface area contributed by atoms with Gasteiger partial charge in [0.15, 0.2) is 0 Å². The van der Waals surface area contributed by atoms with Crippen molar-refractivity contribution in [2.75, 3.05) is 20.3 Å². The number of H-pyrrole nitrogens is 1. The van der Waals surface area contributed by atoms with E-state index in [-0.39, 0.29) is 29.8 Å². The van der Waals surface area contributed by atoms with Gasteiger partial charge in [0.05, 0.1) is 31.0 Å². The lowest BCUT2D eigenvalue weighted by molar-refractivity contribution is -0.137. The third-order valence-electron chi connectivity index (χ3n) is 4.04. The number of aliphatic hydroxyl groups is 1. The molecule has 0 saturated carbocycles. The third-order valence-corrected chi connectivity index (χ3v) is 4.04. The van der Waals surface area contributed by atoms with Gasteiger partial charge in [-0.25, -0.2) is 0 Å². The maximum atomic E-state index is 13.3. The van der Waals surface area contributed by atoms with Crippen LogP contribution < -0.4 is 10.1 Å². The molecule has 142 valence electrons. The van der Waals surface area contributed by atoms with Crippen molar-refractivity contribution in [2.24, 2.45) is 0 Å². The average molecular weight is 379 g/mol. The minimum Gasteiger partial charge on any atom is -0.496 e. The van der Waals surface area contributed by atoms with E-state index in [9.17, 15) is 18.0 Å². The number of ether oxygens (including phenoxy) is 1. The maximum Gasteiger partial charge on any atom is 0.416 e. The molecule has 27 heavy (non-hydrogen) atoms. The lowest BCUT2D eigenvalue weighted by Gasteiger charge is -2.14. The Morgan fingerprint density at radius 1 is 1.26 bits per heavy atom. The summed E-state index contributed by atoms with van der Waals surface area (Å²) in [5.41, 5.74) is 0.172. The molecule has 3 N–H and O–H groups in total. The SMILES string of the molecule is COc1ccc(C(=O)NCCO)cc1-c1cc(C(F)(F)F)cc2[nH]ncc12. The number of aromatic nitrogens is 2. The highest BCUT2D eigenvalue weighted by Crippen LogP contribution is 2.40. The summed E-state index contributed by atoms with van der Waals surface area (Å²) in [5.74, 6) is -0.140. The van der Waals surface area contributed by atoms with Crippen LogP contribution in [0.15, 0.2) is 36.5 Å². The van der Waals surface area contributed by atoms with Gasteiger partial charge in [-0.2, -0.15) is 18.3 Å². The average Bonchev–Trinajstić information content (AvgIpc) is 3.12. The van der Waals surface area contributed by atoms with Crippen molar-refractivity contribution >= 4 is 16.8 Å². The molecule has 1 aromatic heterocycles. The van der Waals surface area contributed by atoms with Gasteiger partial charge in [0.2, 0.25) is 0 Å². The number of carbonyl (C=O) groups excluding carboxylic acids is 1. The molecule has 0 aliphatic carbocycles. The molecule has 6 nitrogen and oxygen atoms in total. The van der Waals surface area contributed by atoms with Crippen molar-refractivity contribution in [1.29, 1.82) is 0 Å². The highest BCUT2D eigenvalue weighted by molar-refractivity contribution is 6.00. The van der Waals surface area contributed by atoms with Gasteiger partial charge < -0.3 is 15.2 Å². The number of benzene rings is 2. The van der Waals surface area contributed by atoms with Crippen LogP contribution in [0.2, 0.25) is 0 Å². The van der Waals surface area contributed by atoms with Crippen LogP contribution in [-0.4, -0.2) is 41.5 Å². The highest BCUT2D eigenvalue weighted by Gasteiger charge is 2.32. The summed E-state index contributed by atoms with van der Waals surface area (Å²) in [6.07, 6.45) is -3.12. The summed E-state index contributed by atoms with van der Waals surface area (Å²) in [7, 11) is 1.39. The number of alkyl halides is 3. The lowest BCUT2D eigenvalue weighted by Crippen LogP contribution is -2.26. The monoisotopic (exact) mass is 379 g/mol. The van der Waals surface area contributed by atoms with Gasteiger partial charge in [0.1, 0.15) is 5.75 Å². The van der Waals surface area contributed by atoms with E-state index in [1.165, 1.54) is 31.5 Å². The lowest BCUT2D eigenvalue weighted by atomic mass is 9.96. The second kappa shape index (κ2) is 7.28. The molecular weight excluding hydrogens is 363 g/mol. The molecule has 2 aromatic carbocycles. The van der Waals surface area contributed by atoms with Gasteiger partial charge in [-0.3, -0.25) is 9.89 Å². The summed E-state index contributed by atoms with van der Waals surface area (Å²) < 4.78 is 45.2. The number of carbonyl (C=O) groups is 1. The molecule has 3 aromatic rings. The minimum absolute atomic E-state index is 0.0652. The van der Waals surface area contributed by atoms with Crippen LogP contribution in [0.4, 0.5) is 13.2 Å². The zero-order valence-electron chi connectivity index (χ0n) is 14.2. The Labute approximate surface area is 152 Å². The van der Waals surface area contributed by atoms with Crippen LogP contribution in [0.1, 0.15) is 15.9 Å². The number of fused-ring (bicyclic) bond motifs is 1.